The van der Waals surface area contributed by atoms with Crippen LogP contribution in [-0.2, 0) is 0 Å². The van der Waals surface area contributed by atoms with Crippen LogP contribution in [0.4, 0.5) is 0 Å². The maximum Gasteiger partial charge on any atom is 0.335 e. The van der Waals surface area contributed by atoms with Crippen molar-refractivity contribution >= 4 is 28.5 Å². The first-order valence-electron chi connectivity index (χ1n) is 9.71. The number of benzene rings is 2. The molecule has 9 nitrogen and oxygen atoms in total. The number of hydrazone groups is 1. The lowest BCUT2D eigenvalue weighted by molar-refractivity contribution is 0.0696. The van der Waals surface area contributed by atoms with Gasteiger partial charge >= 0.3 is 5.97 Å². The van der Waals surface area contributed by atoms with Crippen molar-refractivity contribution in [2.45, 2.75) is 13.8 Å². The highest BCUT2D eigenvalue weighted by Crippen LogP contribution is 2.14. The summed E-state index contributed by atoms with van der Waals surface area (Å²) in [5, 5.41) is 17.0. The molecule has 0 aliphatic carbocycles. The summed E-state index contributed by atoms with van der Waals surface area (Å²) >= 11 is 0. The second kappa shape index (κ2) is 8.31. The zero-order valence-electron chi connectivity index (χ0n) is 17.3. The molecule has 160 valence electrons. The Kier molecular flexibility index (Phi) is 5.38. The quantitative estimate of drug-likeness (QED) is 0.332. The average Bonchev–Trinajstić information content (AvgIpc) is 3.10. The molecule has 0 fully saturated rings. The number of aromatic carboxylic acids is 1. The number of carboxylic acids is 1. The number of hydrogen-bond donors (Lipinski definition) is 3. The van der Waals surface area contributed by atoms with Crippen molar-refractivity contribution in [2.24, 2.45) is 5.10 Å². The molecule has 3 N–H and O–H groups in total. The van der Waals surface area contributed by atoms with Gasteiger partial charge in [-0.2, -0.15) is 5.10 Å². The van der Waals surface area contributed by atoms with Gasteiger partial charge in [0.2, 0.25) is 0 Å². The minimum atomic E-state index is -1.08. The minimum absolute atomic E-state index is 0.0760. The molecule has 0 aliphatic rings. The third kappa shape index (κ3) is 3.91. The van der Waals surface area contributed by atoms with E-state index in [1.165, 1.54) is 28.9 Å². The number of rotatable bonds is 5. The Morgan fingerprint density at radius 2 is 1.72 bits per heavy atom. The molecule has 0 spiro atoms. The Morgan fingerprint density at radius 3 is 2.44 bits per heavy atom. The van der Waals surface area contributed by atoms with Crippen molar-refractivity contribution in [3.8, 4) is 5.82 Å². The lowest BCUT2D eigenvalue weighted by Gasteiger charge is -2.03. The number of pyridine rings is 1. The van der Waals surface area contributed by atoms with Crippen LogP contribution >= 0.6 is 0 Å². The molecule has 0 unspecified atom stereocenters. The lowest BCUT2D eigenvalue weighted by atomic mass is 10.1. The summed E-state index contributed by atoms with van der Waals surface area (Å²) in [6, 6.07) is 16.7. The first kappa shape index (κ1) is 20.7. The number of hydrogen-bond acceptors (Lipinski definition) is 5. The number of carbonyl (C=O) groups excluding carboxylic acids is 1. The SMILES string of the molecule is CC(=NNC(=O)c1ccc(C(=O)O)cc1)c1c(C)[nH]n(-c2ccc3ccccc3n2)c1=O. The zero-order chi connectivity index (χ0) is 22.8. The van der Waals surface area contributed by atoms with Gasteiger partial charge in [0.1, 0.15) is 0 Å². The van der Waals surface area contributed by atoms with Crippen molar-refractivity contribution in [3.63, 3.8) is 0 Å². The van der Waals surface area contributed by atoms with Gasteiger partial charge in [0.15, 0.2) is 5.82 Å². The summed E-state index contributed by atoms with van der Waals surface area (Å²) < 4.78 is 1.34. The number of aromatic amines is 1. The molecule has 0 radical (unpaired) electrons. The number of nitrogens with zero attached hydrogens (tertiary/aromatic N) is 3. The van der Waals surface area contributed by atoms with E-state index in [1.54, 1.807) is 19.9 Å². The first-order chi connectivity index (χ1) is 15.3. The monoisotopic (exact) mass is 429 g/mol. The van der Waals surface area contributed by atoms with E-state index in [2.05, 4.69) is 20.6 Å². The number of para-hydroxylation sites is 1. The predicted molar refractivity (Wildman–Crippen MR) is 120 cm³/mol. The first-order valence-corrected chi connectivity index (χ1v) is 9.71. The Bertz CT molecular complexity index is 1430. The molecule has 0 bridgehead atoms. The van der Waals surface area contributed by atoms with Crippen LogP contribution in [0.15, 0.2) is 70.6 Å². The molecule has 1 amide bonds. The third-order valence-electron chi connectivity index (χ3n) is 4.97. The molecule has 9 heteroatoms. The van der Waals surface area contributed by atoms with E-state index in [0.717, 1.165) is 10.9 Å². The van der Waals surface area contributed by atoms with E-state index in [1.807, 2.05) is 30.3 Å². The van der Waals surface area contributed by atoms with Gasteiger partial charge < -0.3 is 5.11 Å². The number of fused-ring (bicyclic) bond motifs is 1. The molecule has 0 saturated heterocycles. The third-order valence-corrected chi connectivity index (χ3v) is 4.97. The molecule has 0 aliphatic heterocycles. The Labute approximate surface area is 182 Å². The van der Waals surface area contributed by atoms with Crippen LogP contribution in [0, 0.1) is 6.92 Å². The molecule has 0 saturated carbocycles. The van der Waals surface area contributed by atoms with Crippen molar-refractivity contribution < 1.29 is 14.7 Å². The lowest BCUT2D eigenvalue weighted by Crippen LogP contribution is -2.23. The van der Waals surface area contributed by atoms with Crippen LogP contribution in [0.1, 0.15) is 38.9 Å². The number of aryl methyl sites for hydroxylation is 1. The highest BCUT2D eigenvalue weighted by Gasteiger charge is 2.16. The molecule has 2 aromatic heterocycles. The second-order valence-electron chi connectivity index (χ2n) is 7.14. The second-order valence-corrected chi connectivity index (χ2v) is 7.14. The fourth-order valence-corrected chi connectivity index (χ4v) is 3.33. The summed E-state index contributed by atoms with van der Waals surface area (Å²) in [6.45, 7) is 3.35. The van der Waals surface area contributed by atoms with Gasteiger partial charge in [0, 0.05) is 16.6 Å². The maximum atomic E-state index is 13.0. The fourth-order valence-electron chi connectivity index (χ4n) is 3.33. The standard InChI is InChI=1S/C23H19N5O4/c1-13(25-26-21(29)16-7-9-17(10-8-16)23(31)32)20-14(2)27-28(22(20)30)19-12-11-15-5-3-4-6-18(15)24-19/h3-12,27H,1-2H3,(H,26,29)(H,31,32). The molecular weight excluding hydrogens is 410 g/mol. The van der Waals surface area contributed by atoms with E-state index in [-0.39, 0.29) is 16.7 Å². The average molecular weight is 429 g/mol. The number of carboxylic acid groups (broad SMARTS) is 1. The van der Waals surface area contributed by atoms with Crippen molar-refractivity contribution in [3.05, 3.63) is 93.4 Å². The highest BCUT2D eigenvalue weighted by molar-refractivity contribution is 6.01. The molecule has 32 heavy (non-hydrogen) atoms. The van der Waals surface area contributed by atoms with E-state index in [9.17, 15) is 14.4 Å². The molecule has 0 atom stereocenters. The Hall–Kier alpha value is -4.53. The van der Waals surface area contributed by atoms with Gasteiger partial charge in [-0.05, 0) is 56.3 Å². The number of nitrogens with one attached hydrogen (secondary N) is 2. The van der Waals surface area contributed by atoms with E-state index in [4.69, 9.17) is 5.11 Å². The highest BCUT2D eigenvalue weighted by atomic mass is 16.4. The largest absolute Gasteiger partial charge is 0.478 e. The molecular formula is C23H19N5O4. The number of carbonyl (C=O) groups is 2. The van der Waals surface area contributed by atoms with Gasteiger partial charge in [0.05, 0.1) is 22.4 Å². The van der Waals surface area contributed by atoms with Crippen LogP contribution in [0.25, 0.3) is 16.7 Å². The molecule has 2 heterocycles. The van der Waals surface area contributed by atoms with Crippen molar-refractivity contribution in [2.75, 3.05) is 0 Å². The number of H-pyrrole nitrogens is 1. The van der Waals surface area contributed by atoms with E-state index in [0.29, 0.717) is 22.8 Å². The zero-order valence-corrected chi connectivity index (χ0v) is 17.3. The summed E-state index contributed by atoms with van der Waals surface area (Å²) in [5.41, 5.74) is 4.35. The molecule has 4 rings (SSSR count). The maximum absolute atomic E-state index is 13.0. The smallest absolute Gasteiger partial charge is 0.335 e. The number of aromatic nitrogens is 3. The topological polar surface area (TPSA) is 129 Å². The van der Waals surface area contributed by atoms with Crippen molar-refractivity contribution in [1.29, 1.82) is 0 Å². The fraction of sp³-hybridized carbons (Fsp3) is 0.0870. The van der Waals surface area contributed by atoms with E-state index < -0.39 is 11.9 Å². The molecule has 4 aromatic rings. The predicted octanol–water partition coefficient (Wildman–Crippen LogP) is 2.87. The summed E-state index contributed by atoms with van der Waals surface area (Å²) in [6.07, 6.45) is 0. The van der Waals surface area contributed by atoms with Gasteiger partial charge in [-0.25, -0.2) is 19.9 Å². The van der Waals surface area contributed by atoms with Crippen LogP contribution in [0.3, 0.4) is 0 Å². The molecule has 2 aromatic carbocycles. The van der Waals surface area contributed by atoms with Crippen LogP contribution in [-0.4, -0.2) is 37.5 Å². The summed E-state index contributed by atoms with van der Waals surface area (Å²) in [7, 11) is 0. The summed E-state index contributed by atoms with van der Waals surface area (Å²) in [4.78, 5) is 40.8. The normalized spacial score (nSPS) is 11.5. The van der Waals surface area contributed by atoms with Crippen LogP contribution in [0.5, 0.6) is 0 Å². The Balaban J connectivity index is 1.59. The van der Waals surface area contributed by atoms with Gasteiger partial charge in [0.25, 0.3) is 11.5 Å². The Morgan fingerprint density at radius 1 is 1.03 bits per heavy atom. The summed E-state index contributed by atoms with van der Waals surface area (Å²) in [5.74, 6) is -1.16. The van der Waals surface area contributed by atoms with E-state index >= 15 is 0 Å². The van der Waals surface area contributed by atoms with Gasteiger partial charge in [-0.3, -0.25) is 14.7 Å². The van der Waals surface area contributed by atoms with Crippen LogP contribution in [0.2, 0.25) is 0 Å². The van der Waals surface area contributed by atoms with Crippen molar-refractivity contribution in [1.82, 2.24) is 20.2 Å². The minimum Gasteiger partial charge on any atom is -0.478 e. The number of amides is 1. The van der Waals surface area contributed by atoms with Gasteiger partial charge in [-0.15, -0.1) is 0 Å². The van der Waals surface area contributed by atoms with Gasteiger partial charge in [-0.1, -0.05) is 18.2 Å². The van der Waals surface area contributed by atoms with Crippen LogP contribution < -0.4 is 11.0 Å².